The predicted molar refractivity (Wildman–Crippen MR) is 50.5 cm³/mol. The van der Waals surface area contributed by atoms with Crippen LogP contribution in [-0.4, -0.2) is 0 Å². The molecule has 0 aromatic heterocycles. The SMILES string of the molecule is CCC(C)(C)C1C=CC(F)=CC1. The van der Waals surface area contributed by atoms with Crippen molar-refractivity contribution in [3.63, 3.8) is 0 Å². The first-order chi connectivity index (χ1) is 5.56. The smallest absolute Gasteiger partial charge is 0.118 e. The monoisotopic (exact) mass is 168 g/mol. The highest BCUT2D eigenvalue weighted by Gasteiger charge is 2.25. The van der Waals surface area contributed by atoms with Crippen molar-refractivity contribution in [2.24, 2.45) is 11.3 Å². The second-order valence-electron chi connectivity index (χ2n) is 4.13. The number of halogens is 1. The molecule has 0 aromatic carbocycles. The summed E-state index contributed by atoms with van der Waals surface area (Å²) in [4.78, 5) is 0. The van der Waals surface area contributed by atoms with Crippen LogP contribution in [-0.2, 0) is 0 Å². The van der Waals surface area contributed by atoms with Gasteiger partial charge in [-0.15, -0.1) is 0 Å². The van der Waals surface area contributed by atoms with Crippen molar-refractivity contribution < 1.29 is 4.39 Å². The number of hydrogen-bond donors (Lipinski definition) is 0. The summed E-state index contributed by atoms with van der Waals surface area (Å²) in [5.41, 5.74) is 0.299. The largest absolute Gasteiger partial charge is 0.207 e. The highest BCUT2D eigenvalue weighted by molar-refractivity contribution is 5.18. The second kappa shape index (κ2) is 3.42. The third kappa shape index (κ3) is 1.96. The van der Waals surface area contributed by atoms with Crippen molar-refractivity contribution >= 4 is 0 Å². The van der Waals surface area contributed by atoms with Crippen LogP contribution in [0.3, 0.4) is 0 Å². The minimum Gasteiger partial charge on any atom is -0.207 e. The molecule has 1 unspecified atom stereocenters. The van der Waals surface area contributed by atoms with Gasteiger partial charge in [0.05, 0.1) is 0 Å². The van der Waals surface area contributed by atoms with E-state index < -0.39 is 0 Å². The Morgan fingerprint density at radius 1 is 1.58 bits per heavy atom. The van der Waals surface area contributed by atoms with Crippen LogP contribution < -0.4 is 0 Å². The average molecular weight is 168 g/mol. The van der Waals surface area contributed by atoms with Crippen LogP contribution in [0.25, 0.3) is 0 Å². The summed E-state index contributed by atoms with van der Waals surface area (Å²) in [6.07, 6.45) is 7.26. The number of rotatable bonds is 2. The van der Waals surface area contributed by atoms with E-state index >= 15 is 0 Å². The van der Waals surface area contributed by atoms with E-state index in [4.69, 9.17) is 0 Å². The lowest BCUT2D eigenvalue weighted by atomic mass is 9.74. The zero-order valence-electron chi connectivity index (χ0n) is 8.10. The Balaban J connectivity index is 2.64. The van der Waals surface area contributed by atoms with Gasteiger partial charge in [0.15, 0.2) is 0 Å². The maximum absolute atomic E-state index is 12.6. The van der Waals surface area contributed by atoms with Gasteiger partial charge in [0, 0.05) is 0 Å². The Morgan fingerprint density at radius 3 is 2.67 bits per heavy atom. The molecule has 1 heteroatoms. The lowest BCUT2D eigenvalue weighted by Crippen LogP contribution is -2.22. The van der Waals surface area contributed by atoms with E-state index in [0.29, 0.717) is 11.3 Å². The van der Waals surface area contributed by atoms with E-state index in [0.717, 1.165) is 12.8 Å². The first-order valence-electron chi connectivity index (χ1n) is 4.60. The fraction of sp³-hybridized carbons (Fsp3) is 0.636. The molecule has 0 spiro atoms. The van der Waals surface area contributed by atoms with Gasteiger partial charge in [0.1, 0.15) is 5.83 Å². The topological polar surface area (TPSA) is 0 Å². The molecule has 0 bridgehead atoms. The molecule has 1 atom stereocenters. The van der Waals surface area contributed by atoms with E-state index in [1.54, 1.807) is 12.2 Å². The Bertz CT molecular complexity index is 211. The molecular formula is C11H17F. The Hall–Kier alpha value is -0.590. The number of hydrogen-bond acceptors (Lipinski definition) is 0. The van der Waals surface area contributed by atoms with Crippen LogP contribution in [0.5, 0.6) is 0 Å². The first-order valence-corrected chi connectivity index (χ1v) is 4.60. The molecule has 0 nitrogen and oxygen atoms in total. The van der Waals surface area contributed by atoms with Crippen LogP contribution in [0.1, 0.15) is 33.6 Å². The molecule has 0 radical (unpaired) electrons. The van der Waals surface area contributed by atoms with Gasteiger partial charge in [0.25, 0.3) is 0 Å². The van der Waals surface area contributed by atoms with Crippen LogP contribution >= 0.6 is 0 Å². The normalized spacial score (nSPS) is 24.0. The van der Waals surface area contributed by atoms with Gasteiger partial charge in [0.2, 0.25) is 0 Å². The molecule has 1 aliphatic rings. The van der Waals surface area contributed by atoms with Gasteiger partial charge in [-0.25, -0.2) is 4.39 Å². The summed E-state index contributed by atoms with van der Waals surface area (Å²) >= 11 is 0. The fourth-order valence-electron chi connectivity index (χ4n) is 1.44. The van der Waals surface area contributed by atoms with E-state index in [2.05, 4.69) is 20.8 Å². The van der Waals surface area contributed by atoms with E-state index in [1.165, 1.54) is 0 Å². The van der Waals surface area contributed by atoms with Gasteiger partial charge in [-0.3, -0.25) is 0 Å². The molecule has 12 heavy (non-hydrogen) atoms. The van der Waals surface area contributed by atoms with Crippen molar-refractivity contribution in [1.82, 2.24) is 0 Å². The van der Waals surface area contributed by atoms with Crippen LogP contribution in [0.2, 0.25) is 0 Å². The Morgan fingerprint density at radius 2 is 2.25 bits per heavy atom. The molecule has 0 saturated carbocycles. The van der Waals surface area contributed by atoms with Gasteiger partial charge in [-0.2, -0.15) is 0 Å². The quantitative estimate of drug-likeness (QED) is 0.587. The minimum absolute atomic E-state index is 0.0850. The predicted octanol–water partition coefficient (Wildman–Crippen LogP) is 3.85. The van der Waals surface area contributed by atoms with Gasteiger partial charge in [-0.1, -0.05) is 33.3 Å². The molecule has 0 fully saturated rings. The van der Waals surface area contributed by atoms with Crippen molar-refractivity contribution in [3.05, 3.63) is 24.1 Å². The molecular weight excluding hydrogens is 151 g/mol. The molecule has 1 rings (SSSR count). The van der Waals surface area contributed by atoms with Gasteiger partial charge in [-0.05, 0) is 29.9 Å². The number of allylic oxidation sites excluding steroid dienone is 4. The summed E-state index contributed by atoms with van der Waals surface area (Å²) in [6.45, 7) is 6.65. The maximum atomic E-state index is 12.6. The summed E-state index contributed by atoms with van der Waals surface area (Å²) in [5.74, 6) is 0.417. The highest BCUT2D eigenvalue weighted by Crippen LogP contribution is 2.36. The van der Waals surface area contributed by atoms with Crippen molar-refractivity contribution in [2.75, 3.05) is 0 Å². The average Bonchev–Trinajstić information content (AvgIpc) is 2.05. The summed E-state index contributed by atoms with van der Waals surface area (Å²) < 4.78 is 12.6. The molecule has 0 aliphatic heterocycles. The second-order valence-corrected chi connectivity index (χ2v) is 4.13. The van der Waals surface area contributed by atoms with Crippen molar-refractivity contribution in [2.45, 2.75) is 33.6 Å². The van der Waals surface area contributed by atoms with Crippen LogP contribution in [0.15, 0.2) is 24.1 Å². The summed E-state index contributed by atoms with van der Waals surface area (Å²) in [7, 11) is 0. The summed E-state index contributed by atoms with van der Waals surface area (Å²) in [6, 6.07) is 0. The molecule has 0 aromatic rings. The standard InChI is InChI=1S/C11H17F/c1-4-11(2,3)9-5-7-10(12)8-6-9/h5,7-9H,4,6H2,1-3H3. The maximum Gasteiger partial charge on any atom is 0.118 e. The van der Waals surface area contributed by atoms with E-state index in [9.17, 15) is 4.39 Å². The van der Waals surface area contributed by atoms with Crippen LogP contribution in [0, 0.1) is 11.3 Å². The van der Waals surface area contributed by atoms with E-state index in [-0.39, 0.29) is 5.83 Å². The zero-order valence-corrected chi connectivity index (χ0v) is 8.10. The molecule has 68 valence electrons. The summed E-state index contributed by atoms with van der Waals surface area (Å²) in [5, 5.41) is 0. The lowest BCUT2D eigenvalue weighted by Gasteiger charge is -2.31. The fourth-order valence-corrected chi connectivity index (χ4v) is 1.44. The van der Waals surface area contributed by atoms with Crippen LogP contribution in [0.4, 0.5) is 4.39 Å². The van der Waals surface area contributed by atoms with Gasteiger partial charge < -0.3 is 0 Å². The lowest BCUT2D eigenvalue weighted by molar-refractivity contribution is 0.247. The molecule has 0 amide bonds. The van der Waals surface area contributed by atoms with Gasteiger partial charge >= 0.3 is 0 Å². The molecule has 1 aliphatic carbocycles. The van der Waals surface area contributed by atoms with E-state index in [1.807, 2.05) is 6.08 Å². The van der Waals surface area contributed by atoms with Crippen molar-refractivity contribution in [1.29, 1.82) is 0 Å². The molecule has 0 N–H and O–H groups in total. The zero-order chi connectivity index (χ0) is 9.19. The third-order valence-corrected chi connectivity index (χ3v) is 2.97. The molecule has 0 saturated heterocycles. The Kier molecular flexibility index (Phi) is 2.71. The van der Waals surface area contributed by atoms with Crippen molar-refractivity contribution in [3.8, 4) is 0 Å². The Labute approximate surface area is 74.2 Å². The third-order valence-electron chi connectivity index (χ3n) is 2.97. The highest BCUT2D eigenvalue weighted by atomic mass is 19.1. The first kappa shape index (κ1) is 9.50. The minimum atomic E-state index is -0.0850. The molecule has 0 heterocycles.